The van der Waals surface area contributed by atoms with Crippen LogP contribution in [0, 0.1) is 21.8 Å². The van der Waals surface area contributed by atoms with E-state index >= 15 is 0 Å². The van der Waals surface area contributed by atoms with Crippen LogP contribution in [0.1, 0.15) is 35.9 Å². The smallest absolute Gasteiger partial charge is 0.272 e. The van der Waals surface area contributed by atoms with Crippen LogP contribution in [0.2, 0.25) is 0 Å². The van der Waals surface area contributed by atoms with Gasteiger partial charge in [-0.25, -0.2) is 0 Å². The zero-order valence-electron chi connectivity index (χ0n) is 12.4. The van der Waals surface area contributed by atoms with Gasteiger partial charge in [-0.2, -0.15) is 14.9 Å². The average Bonchev–Trinajstić information content (AvgIpc) is 3.16. The number of nitro groups is 1. The highest BCUT2D eigenvalue weighted by molar-refractivity contribution is 7.71. The Morgan fingerprint density at radius 2 is 2.43 bits per heavy atom. The van der Waals surface area contributed by atoms with Crippen molar-refractivity contribution in [3.63, 3.8) is 0 Å². The zero-order chi connectivity index (χ0) is 16.4. The molecule has 1 aromatic heterocycles. The van der Waals surface area contributed by atoms with E-state index in [2.05, 4.69) is 15.3 Å². The van der Waals surface area contributed by atoms with Gasteiger partial charge in [-0.3, -0.25) is 15.2 Å². The molecule has 2 heterocycles. The lowest BCUT2D eigenvalue weighted by Gasteiger charge is -2.07. The number of nitro benzene ring substituents is 1. The van der Waals surface area contributed by atoms with E-state index in [0.717, 1.165) is 12.8 Å². The molecule has 1 aromatic carbocycles. The van der Waals surface area contributed by atoms with Gasteiger partial charge >= 0.3 is 0 Å². The summed E-state index contributed by atoms with van der Waals surface area (Å²) in [4.78, 5) is 10.6. The third kappa shape index (κ3) is 3.20. The third-order valence-electron chi connectivity index (χ3n) is 3.65. The topological polar surface area (TPSA) is 98.3 Å². The Morgan fingerprint density at radius 1 is 1.61 bits per heavy atom. The fourth-order valence-electron chi connectivity index (χ4n) is 2.43. The highest BCUT2D eigenvalue weighted by atomic mass is 32.1. The molecule has 0 saturated carbocycles. The first-order valence-corrected chi connectivity index (χ1v) is 7.55. The van der Waals surface area contributed by atoms with Crippen LogP contribution in [0.25, 0.3) is 0 Å². The maximum Gasteiger partial charge on any atom is 0.272 e. The normalized spacial score (nSPS) is 17.9. The standard InChI is InChI=1S/C14H15N5O3S/c1-9-4-5-10(7-11(9)19(20)21)8-15-18-13(16-17-14(18)23)12-3-2-6-22-12/h4-5,7-8,12H,2-3,6H2,1H3,(H,17,23)/b15-8-/t12-/m1/s1. The predicted molar refractivity (Wildman–Crippen MR) is 86.2 cm³/mol. The van der Waals surface area contributed by atoms with Crippen LogP contribution >= 0.6 is 12.2 Å². The summed E-state index contributed by atoms with van der Waals surface area (Å²) in [6.45, 7) is 2.39. The molecule has 1 aliphatic heterocycles. The first kappa shape index (κ1) is 15.5. The van der Waals surface area contributed by atoms with Gasteiger partial charge in [0.1, 0.15) is 6.10 Å². The molecule has 0 bridgehead atoms. The van der Waals surface area contributed by atoms with Crippen molar-refractivity contribution in [1.29, 1.82) is 0 Å². The molecule has 3 rings (SSSR count). The SMILES string of the molecule is Cc1ccc(/C=N\n2c([C@H]3CCCO3)n[nH]c2=S)cc1[N+](=O)[O-]. The number of aromatic nitrogens is 3. The molecule has 1 atom stereocenters. The molecule has 0 spiro atoms. The zero-order valence-corrected chi connectivity index (χ0v) is 13.2. The van der Waals surface area contributed by atoms with Crippen LogP contribution in [-0.2, 0) is 4.74 Å². The lowest BCUT2D eigenvalue weighted by Crippen LogP contribution is -2.05. The molecule has 120 valence electrons. The van der Waals surface area contributed by atoms with Crippen LogP contribution in [-0.4, -0.2) is 32.6 Å². The Balaban J connectivity index is 1.92. The minimum absolute atomic E-state index is 0.0593. The van der Waals surface area contributed by atoms with Crippen molar-refractivity contribution in [2.24, 2.45) is 5.10 Å². The van der Waals surface area contributed by atoms with Crippen LogP contribution in [0.5, 0.6) is 0 Å². The molecular weight excluding hydrogens is 318 g/mol. The van der Waals surface area contributed by atoms with E-state index in [9.17, 15) is 10.1 Å². The number of benzene rings is 1. The highest BCUT2D eigenvalue weighted by Gasteiger charge is 2.23. The molecule has 0 aliphatic carbocycles. The van der Waals surface area contributed by atoms with Crippen LogP contribution in [0.4, 0.5) is 5.69 Å². The summed E-state index contributed by atoms with van der Waals surface area (Å²) in [6.07, 6.45) is 3.23. The van der Waals surface area contributed by atoms with E-state index in [0.29, 0.717) is 28.3 Å². The molecule has 1 aliphatic rings. The molecule has 8 nitrogen and oxygen atoms in total. The van der Waals surface area contributed by atoms with Gasteiger partial charge in [-0.05, 0) is 32.0 Å². The van der Waals surface area contributed by atoms with Gasteiger partial charge in [0.05, 0.1) is 11.1 Å². The Bertz CT molecular complexity index is 820. The Labute approximate surface area is 136 Å². The number of ether oxygens (including phenoxy) is 1. The molecule has 0 radical (unpaired) electrons. The maximum absolute atomic E-state index is 11.0. The molecule has 2 aromatic rings. The number of nitrogens with one attached hydrogen (secondary N) is 1. The molecule has 0 amide bonds. The largest absolute Gasteiger partial charge is 0.370 e. The maximum atomic E-state index is 11.0. The van der Waals surface area contributed by atoms with Crippen molar-refractivity contribution in [3.8, 4) is 0 Å². The summed E-state index contributed by atoms with van der Waals surface area (Å²) in [5, 5.41) is 22.2. The second-order valence-corrected chi connectivity index (χ2v) is 5.63. The summed E-state index contributed by atoms with van der Waals surface area (Å²) in [6, 6.07) is 4.94. The van der Waals surface area contributed by atoms with E-state index in [-0.39, 0.29) is 11.8 Å². The lowest BCUT2D eigenvalue weighted by molar-refractivity contribution is -0.385. The van der Waals surface area contributed by atoms with Crippen LogP contribution in [0.3, 0.4) is 0 Å². The summed E-state index contributed by atoms with van der Waals surface area (Å²) >= 11 is 5.18. The van der Waals surface area contributed by atoms with E-state index < -0.39 is 4.92 Å². The van der Waals surface area contributed by atoms with Gasteiger partial charge in [-0.15, -0.1) is 0 Å². The molecule has 0 unspecified atom stereocenters. The number of hydrogen-bond acceptors (Lipinski definition) is 6. The van der Waals surface area contributed by atoms with Crippen LogP contribution in [0.15, 0.2) is 23.3 Å². The monoisotopic (exact) mass is 333 g/mol. The second-order valence-electron chi connectivity index (χ2n) is 5.25. The van der Waals surface area contributed by atoms with E-state index in [1.807, 2.05) is 0 Å². The quantitative estimate of drug-likeness (QED) is 0.401. The van der Waals surface area contributed by atoms with Crippen molar-refractivity contribution >= 4 is 24.1 Å². The van der Waals surface area contributed by atoms with Crippen molar-refractivity contribution in [1.82, 2.24) is 14.9 Å². The van der Waals surface area contributed by atoms with E-state index in [1.165, 1.54) is 17.0 Å². The molecule has 9 heteroatoms. The van der Waals surface area contributed by atoms with E-state index in [4.69, 9.17) is 17.0 Å². The number of aryl methyl sites for hydroxylation is 1. The van der Waals surface area contributed by atoms with Gasteiger partial charge in [0.15, 0.2) is 5.82 Å². The van der Waals surface area contributed by atoms with E-state index in [1.54, 1.807) is 19.1 Å². The third-order valence-corrected chi connectivity index (χ3v) is 3.91. The first-order chi connectivity index (χ1) is 11.1. The molecular formula is C14H15N5O3S. The number of aromatic amines is 1. The number of nitrogens with zero attached hydrogens (tertiary/aromatic N) is 4. The molecule has 1 N–H and O–H groups in total. The number of H-pyrrole nitrogens is 1. The highest BCUT2D eigenvalue weighted by Crippen LogP contribution is 2.27. The van der Waals surface area contributed by atoms with Gasteiger partial charge in [0.2, 0.25) is 4.77 Å². The summed E-state index contributed by atoms with van der Waals surface area (Å²) in [7, 11) is 0. The summed E-state index contributed by atoms with van der Waals surface area (Å²) in [5.41, 5.74) is 1.28. The molecule has 1 fully saturated rings. The predicted octanol–water partition coefficient (Wildman–Crippen LogP) is 2.89. The minimum Gasteiger partial charge on any atom is -0.370 e. The van der Waals surface area contributed by atoms with Gasteiger partial charge in [0, 0.05) is 23.8 Å². The van der Waals surface area contributed by atoms with Gasteiger partial charge in [0.25, 0.3) is 5.69 Å². The van der Waals surface area contributed by atoms with Crippen molar-refractivity contribution < 1.29 is 9.66 Å². The molecule has 23 heavy (non-hydrogen) atoms. The average molecular weight is 333 g/mol. The minimum atomic E-state index is -0.409. The second kappa shape index (κ2) is 6.39. The number of hydrogen-bond donors (Lipinski definition) is 1. The first-order valence-electron chi connectivity index (χ1n) is 7.14. The Kier molecular flexibility index (Phi) is 4.30. The lowest BCUT2D eigenvalue weighted by atomic mass is 10.1. The van der Waals surface area contributed by atoms with Crippen molar-refractivity contribution in [2.75, 3.05) is 6.61 Å². The van der Waals surface area contributed by atoms with Crippen molar-refractivity contribution in [3.05, 3.63) is 50.0 Å². The van der Waals surface area contributed by atoms with Crippen LogP contribution < -0.4 is 0 Å². The van der Waals surface area contributed by atoms with Gasteiger partial charge in [-0.1, -0.05) is 12.1 Å². The van der Waals surface area contributed by atoms with Crippen molar-refractivity contribution in [2.45, 2.75) is 25.9 Å². The Hall–Kier alpha value is -2.39. The summed E-state index contributed by atoms with van der Waals surface area (Å²) in [5.74, 6) is 0.616. The molecule has 1 saturated heterocycles. The van der Waals surface area contributed by atoms with Gasteiger partial charge < -0.3 is 4.74 Å². The summed E-state index contributed by atoms with van der Waals surface area (Å²) < 4.78 is 7.45. The number of rotatable bonds is 4. The Morgan fingerprint density at radius 3 is 3.13 bits per heavy atom. The fourth-order valence-corrected chi connectivity index (χ4v) is 2.62. The fraction of sp³-hybridized carbons (Fsp3) is 0.357.